The number of pyridine rings is 1. The fraction of sp³-hybridized carbons (Fsp3) is 0.700. The Hall–Kier alpha value is -1.86. The Morgan fingerprint density at radius 2 is 2.11 bits per heavy atom. The van der Waals surface area contributed by atoms with E-state index in [9.17, 15) is 0 Å². The third kappa shape index (κ3) is 6.36. The molecule has 1 saturated carbocycles. The Bertz CT molecular complexity index is 625. The zero-order valence-corrected chi connectivity index (χ0v) is 16.8. The van der Waals surface area contributed by atoms with E-state index in [1.54, 1.807) is 13.2 Å². The number of nitrogens with zero attached hydrogens (tertiary/aromatic N) is 3. The van der Waals surface area contributed by atoms with Crippen LogP contribution in [0.4, 0.5) is 0 Å². The molecule has 27 heavy (non-hydrogen) atoms. The number of aliphatic imine (C=N–C) groups is 1. The first kappa shape index (κ1) is 19.9. The van der Waals surface area contributed by atoms with Crippen molar-refractivity contribution >= 4 is 5.96 Å². The zero-order chi connectivity index (χ0) is 19.1. The maximum Gasteiger partial charge on any atom is 0.213 e. The lowest BCUT2D eigenvalue weighted by Gasteiger charge is -2.41. The maximum atomic E-state index is 5.76. The molecule has 0 aromatic carbocycles. The van der Waals surface area contributed by atoms with Crippen LogP contribution in [-0.2, 0) is 11.3 Å². The third-order valence-corrected chi connectivity index (χ3v) is 5.20. The number of hydrogen-bond donors (Lipinski definition) is 2. The second-order valence-electron chi connectivity index (χ2n) is 7.95. The van der Waals surface area contributed by atoms with Gasteiger partial charge in [0.15, 0.2) is 5.96 Å². The fourth-order valence-corrected chi connectivity index (χ4v) is 3.11. The van der Waals surface area contributed by atoms with E-state index in [1.807, 2.05) is 12.1 Å². The van der Waals surface area contributed by atoms with Gasteiger partial charge in [-0.25, -0.2) is 4.98 Å². The first-order valence-electron chi connectivity index (χ1n) is 9.92. The van der Waals surface area contributed by atoms with E-state index in [0.29, 0.717) is 12.4 Å². The SMILES string of the molecule is CN=C(NCc1ccnc(OCC2CC2)c1)NCC(C)(C)N1CCOCC1. The van der Waals surface area contributed by atoms with Gasteiger partial charge >= 0.3 is 0 Å². The minimum Gasteiger partial charge on any atom is -0.477 e. The van der Waals surface area contributed by atoms with Gasteiger partial charge in [0, 0.05) is 51.0 Å². The minimum atomic E-state index is 0.0435. The molecule has 0 bridgehead atoms. The van der Waals surface area contributed by atoms with Crippen LogP contribution in [0.3, 0.4) is 0 Å². The smallest absolute Gasteiger partial charge is 0.213 e. The number of morpholine rings is 1. The molecule has 7 heteroatoms. The summed E-state index contributed by atoms with van der Waals surface area (Å²) < 4.78 is 11.2. The molecule has 3 rings (SSSR count). The van der Waals surface area contributed by atoms with Crippen LogP contribution < -0.4 is 15.4 Å². The van der Waals surface area contributed by atoms with Gasteiger partial charge in [-0.3, -0.25) is 9.89 Å². The van der Waals surface area contributed by atoms with Gasteiger partial charge < -0.3 is 20.1 Å². The monoisotopic (exact) mass is 375 g/mol. The lowest BCUT2D eigenvalue weighted by molar-refractivity contribution is -0.00834. The Kier molecular flexibility index (Phi) is 6.90. The highest BCUT2D eigenvalue weighted by Crippen LogP contribution is 2.29. The number of aromatic nitrogens is 1. The van der Waals surface area contributed by atoms with Gasteiger partial charge in [0.25, 0.3) is 0 Å². The second kappa shape index (κ2) is 9.37. The lowest BCUT2D eigenvalue weighted by atomic mass is 10.0. The van der Waals surface area contributed by atoms with Crippen molar-refractivity contribution in [3.8, 4) is 5.88 Å². The third-order valence-electron chi connectivity index (χ3n) is 5.20. The Labute approximate surface area is 162 Å². The highest BCUT2D eigenvalue weighted by Gasteiger charge is 2.28. The molecule has 0 amide bonds. The molecule has 150 valence electrons. The summed E-state index contributed by atoms with van der Waals surface area (Å²) in [6.45, 7) is 10.4. The second-order valence-corrected chi connectivity index (χ2v) is 7.95. The predicted molar refractivity (Wildman–Crippen MR) is 107 cm³/mol. The van der Waals surface area contributed by atoms with Crippen LogP contribution in [0.1, 0.15) is 32.3 Å². The van der Waals surface area contributed by atoms with Gasteiger partial charge in [-0.2, -0.15) is 0 Å². The molecule has 0 radical (unpaired) electrons. The van der Waals surface area contributed by atoms with Gasteiger partial charge in [0.1, 0.15) is 0 Å². The summed E-state index contributed by atoms with van der Waals surface area (Å²) >= 11 is 0. The van der Waals surface area contributed by atoms with E-state index in [2.05, 4.69) is 39.4 Å². The van der Waals surface area contributed by atoms with Crippen LogP contribution in [0.5, 0.6) is 5.88 Å². The van der Waals surface area contributed by atoms with E-state index >= 15 is 0 Å². The largest absolute Gasteiger partial charge is 0.477 e. The van der Waals surface area contributed by atoms with E-state index in [1.165, 1.54) is 12.8 Å². The highest BCUT2D eigenvalue weighted by atomic mass is 16.5. The van der Waals surface area contributed by atoms with E-state index in [4.69, 9.17) is 9.47 Å². The first-order valence-corrected chi connectivity index (χ1v) is 9.92. The molecule has 0 atom stereocenters. The standard InChI is InChI=1S/C20H33N5O2/c1-20(2,25-8-10-26-11-9-25)15-24-19(21-3)23-13-17-6-7-22-18(12-17)27-14-16-4-5-16/h6-7,12,16H,4-5,8-11,13-15H2,1-3H3,(H2,21,23,24). The topological polar surface area (TPSA) is 71.0 Å². The van der Waals surface area contributed by atoms with E-state index in [-0.39, 0.29) is 5.54 Å². The number of hydrogen-bond acceptors (Lipinski definition) is 5. The van der Waals surface area contributed by atoms with Crippen LogP contribution in [0.2, 0.25) is 0 Å². The summed E-state index contributed by atoms with van der Waals surface area (Å²) in [6, 6.07) is 4.00. The molecular formula is C20H33N5O2. The lowest BCUT2D eigenvalue weighted by Crippen LogP contribution is -2.56. The molecule has 2 heterocycles. The fourth-order valence-electron chi connectivity index (χ4n) is 3.11. The zero-order valence-electron chi connectivity index (χ0n) is 16.8. The minimum absolute atomic E-state index is 0.0435. The number of nitrogens with one attached hydrogen (secondary N) is 2. The summed E-state index contributed by atoms with van der Waals surface area (Å²) in [5, 5.41) is 6.83. The van der Waals surface area contributed by atoms with Crippen molar-refractivity contribution in [1.82, 2.24) is 20.5 Å². The Morgan fingerprint density at radius 1 is 1.33 bits per heavy atom. The molecule has 2 aliphatic rings. The molecule has 1 aromatic rings. The predicted octanol–water partition coefficient (Wildman–Crippen LogP) is 1.65. The number of ether oxygens (including phenoxy) is 2. The summed E-state index contributed by atoms with van der Waals surface area (Å²) in [4.78, 5) is 11.1. The molecule has 2 fully saturated rings. The van der Waals surface area contributed by atoms with Gasteiger partial charge in [-0.1, -0.05) is 0 Å². The van der Waals surface area contributed by atoms with Gasteiger partial charge in [-0.05, 0) is 44.2 Å². The summed E-state index contributed by atoms with van der Waals surface area (Å²) in [5.74, 6) is 2.23. The van der Waals surface area contributed by atoms with Crippen LogP contribution >= 0.6 is 0 Å². The summed E-state index contributed by atoms with van der Waals surface area (Å²) in [7, 11) is 1.80. The molecule has 1 aromatic heterocycles. The average Bonchev–Trinajstić information content (AvgIpc) is 3.52. The summed E-state index contributed by atoms with van der Waals surface area (Å²) in [5.41, 5.74) is 1.17. The molecule has 1 saturated heterocycles. The van der Waals surface area contributed by atoms with Crippen molar-refractivity contribution in [1.29, 1.82) is 0 Å². The van der Waals surface area contributed by atoms with Crippen LogP contribution in [0, 0.1) is 5.92 Å². The van der Waals surface area contributed by atoms with Crippen molar-refractivity contribution in [2.24, 2.45) is 10.9 Å². The molecule has 7 nitrogen and oxygen atoms in total. The highest BCUT2D eigenvalue weighted by molar-refractivity contribution is 5.79. The van der Waals surface area contributed by atoms with E-state index in [0.717, 1.165) is 56.9 Å². The molecular weight excluding hydrogens is 342 g/mol. The number of rotatable bonds is 8. The Balaban J connectivity index is 1.45. The molecule has 0 unspecified atom stereocenters. The van der Waals surface area contributed by atoms with Crippen molar-refractivity contribution in [3.63, 3.8) is 0 Å². The summed E-state index contributed by atoms with van der Waals surface area (Å²) in [6.07, 6.45) is 4.37. The van der Waals surface area contributed by atoms with Crippen molar-refractivity contribution < 1.29 is 9.47 Å². The maximum absolute atomic E-state index is 5.76. The molecule has 1 aliphatic heterocycles. The molecule has 2 N–H and O–H groups in total. The van der Waals surface area contributed by atoms with Crippen LogP contribution in [-0.4, -0.2) is 67.9 Å². The Morgan fingerprint density at radius 3 is 2.81 bits per heavy atom. The molecule has 1 aliphatic carbocycles. The van der Waals surface area contributed by atoms with Gasteiger partial charge in [0.05, 0.1) is 19.8 Å². The van der Waals surface area contributed by atoms with Crippen molar-refractivity contribution in [3.05, 3.63) is 23.9 Å². The first-order chi connectivity index (χ1) is 13.1. The quantitative estimate of drug-likeness (QED) is 0.532. The van der Waals surface area contributed by atoms with Crippen LogP contribution in [0.15, 0.2) is 23.3 Å². The van der Waals surface area contributed by atoms with Crippen LogP contribution in [0.25, 0.3) is 0 Å². The normalized spacial score (nSPS) is 19.0. The van der Waals surface area contributed by atoms with Gasteiger partial charge in [-0.15, -0.1) is 0 Å². The molecule has 0 spiro atoms. The average molecular weight is 376 g/mol. The van der Waals surface area contributed by atoms with Crippen molar-refractivity contribution in [2.75, 3.05) is 46.5 Å². The number of guanidine groups is 1. The van der Waals surface area contributed by atoms with Crippen molar-refractivity contribution in [2.45, 2.75) is 38.8 Å². The van der Waals surface area contributed by atoms with E-state index < -0.39 is 0 Å². The van der Waals surface area contributed by atoms with Gasteiger partial charge in [0.2, 0.25) is 5.88 Å².